The number of nitrogens with one attached hydrogen (secondary N) is 3. The van der Waals surface area contributed by atoms with Crippen molar-refractivity contribution in [2.45, 2.75) is 6.18 Å². The van der Waals surface area contributed by atoms with Crippen LogP contribution in [0.2, 0.25) is 5.02 Å². The minimum atomic E-state index is -4.64. The number of carbonyl (C=O) groups is 1. The fourth-order valence-corrected chi connectivity index (χ4v) is 3.80. The van der Waals surface area contributed by atoms with Crippen molar-refractivity contribution in [3.8, 4) is 22.8 Å². The number of fused-ring (bicyclic) bond motifs is 1. The minimum absolute atomic E-state index is 0.0535. The molecule has 0 radical (unpaired) electrons. The molecule has 3 N–H and O–H groups in total. The van der Waals surface area contributed by atoms with Crippen molar-refractivity contribution in [2.75, 3.05) is 10.6 Å². The highest BCUT2D eigenvalue weighted by molar-refractivity contribution is 6.31. The van der Waals surface area contributed by atoms with Crippen molar-refractivity contribution in [1.82, 2.24) is 20.2 Å². The van der Waals surface area contributed by atoms with Crippen LogP contribution in [0.15, 0.2) is 79.3 Å². The van der Waals surface area contributed by atoms with E-state index >= 15 is 0 Å². The van der Waals surface area contributed by atoms with E-state index in [1.165, 1.54) is 12.4 Å². The Labute approximate surface area is 212 Å². The Hall–Kier alpha value is -4.64. The summed E-state index contributed by atoms with van der Waals surface area (Å²) in [7, 11) is 0. The lowest BCUT2D eigenvalue weighted by Crippen LogP contribution is -2.19. The molecule has 0 aliphatic rings. The predicted molar refractivity (Wildman–Crippen MR) is 133 cm³/mol. The Bertz CT molecular complexity index is 1590. The largest absolute Gasteiger partial charge is 0.457 e. The molecule has 5 rings (SSSR count). The third-order valence-corrected chi connectivity index (χ3v) is 5.59. The molecule has 12 heteroatoms. The number of para-hydroxylation sites is 1. The first-order valence-corrected chi connectivity index (χ1v) is 11.1. The summed E-state index contributed by atoms with van der Waals surface area (Å²) in [6.45, 7) is 0. The van der Waals surface area contributed by atoms with Crippen LogP contribution in [0.3, 0.4) is 0 Å². The number of H-pyrrole nitrogens is 1. The maximum Gasteiger partial charge on any atom is 0.417 e. The number of anilines is 2. The lowest BCUT2D eigenvalue weighted by molar-refractivity contribution is -0.137. The fourth-order valence-electron chi connectivity index (χ4n) is 3.58. The van der Waals surface area contributed by atoms with Crippen LogP contribution in [0.1, 0.15) is 5.56 Å². The van der Waals surface area contributed by atoms with Crippen LogP contribution in [-0.4, -0.2) is 26.2 Å². The summed E-state index contributed by atoms with van der Waals surface area (Å²) in [5.41, 5.74) is 1.30. The van der Waals surface area contributed by atoms with Gasteiger partial charge < -0.3 is 15.4 Å². The number of halogens is 4. The lowest BCUT2D eigenvalue weighted by Gasteiger charge is -2.13. The van der Waals surface area contributed by atoms with Crippen molar-refractivity contribution in [1.29, 1.82) is 0 Å². The molecular formula is C25H16ClF3N6O2. The van der Waals surface area contributed by atoms with Gasteiger partial charge in [0.1, 0.15) is 17.8 Å². The molecule has 186 valence electrons. The number of aromatic nitrogens is 4. The normalized spacial score (nSPS) is 11.4. The van der Waals surface area contributed by atoms with E-state index in [-0.39, 0.29) is 5.69 Å². The van der Waals surface area contributed by atoms with Gasteiger partial charge in [0.05, 0.1) is 27.9 Å². The van der Waals surface area contributed by atoms with E-state index in [1.54, 1.807) is 36.5 Å². The molecule has 2 heterocycles. The number of hydrogen-bond acceptors (Lipinski definition) is 5. The summed E-state index contributed by atoms with van der Waals surface area (Å²) in [5, 5.41) is 12.0. The number of nitrogens with zero attached hydrogens (tertiary/aromatic N) is 3. The standard InChI is InChI=1S/C25H16ClF3N6O2/c26-20-10-7-15(11-19(20)25(27,28)29)34-24(36)33-14-5-8-16(9-6-14)37-21-4-2-1-3-17(21)22-18-12-32-35-23(18)31-13-30-22/h1-13H,(H2,33,34,36)(H,30,31,32,35). The van der Waals surface area contributed by atoms with Crippen molar-refractivity contribution < 1.29 is 22.7 Å². The summed E-state index contributed by atoms with van der Waals surface area (Å²) in [4.78, 5) is 20.8. The minimum Gasteiger partial charge on any atom is -0.457 e. The monoisotopic (exact) mass is 524 g/mol. The number of urea groups is 1. The smallest absolute Gasteiger partial charge is 0.417 e. The Morgan fingerprint density at radius 1 is 0.946 bits per heavy atom. The quantitative estimate of drug-likeness (QED) is 0.227. The molecule has 0 aliphatic heterocycles. The molecule has 0 saturated heterocycles. The maximum atomic E-state index is 13.0. The summed E-state index contributed by atoms with van der Waals surface area (Å²) in [5.74, 6) is 1.04. The van der Waals surface area contributed by atoms with Gasteiger partial charge in [-0.05, 0) is 54.6 Å². The number of alkyl halides is 3. The number of amides is 2. The molecule has 5 aromatic rings. The summed E-state index contributed by atoms with van der Waals surface area (Å²) >= 11 is 5.61. The van der Waals surface area contributed by atoms with Gasteiger partial charge in [-0.25, -0.2) is 14.8 Å². The number of benzene rings is 3. The van der Waals surface area contributed by atoms with E-state index in [9.17, 15) is 18.0 Å². The highest BCUT2D eigenvalue weighted by atomic mass is 35.5. The number of ether oxygens (including phenoxy) is 1. The molecule has 0 aliphatic carbocycles. The predicted octanol–water partition coefficient (Wildman–Crippen LogP) is 7.13. The van der Waals surface area contributed by atoms with Crippen LogP contribution < -0.4 is 15.4 Å². The number of rotatable bonds is 5. The molecule has 0 saturated carbocycles. The topological polar surface area (TPSA) is 105 Å². The van der Waals surface area contributed by atoms with Crippen LogP contribution >= 0.6 is 11.6 Å². The second kappa shape index (κ2) is 9.78. The lowest BCUT2D eigenvalue weighted by atomic mass is 10.1. The molecule has 37 heavy (non-hydrogen) atoms. The zero-order chi connectivity index (χ0) is 26.0. The molecule has 3 aromatic carbocycles. The molecule has 2 aromatic heterocycles. The van der Waals surface area contributed by atoms with E-state index in [4.69, 9.17) is 16.3 Å². The maximum absolute atomic E-state index is 13.0. The van der Waals surface area contributed by atoms with E-state index in [1.807, 2.05) is 18.2 Å². The Morgan fingerprint density at radius 2 is 1.68 bits per heavy atom. The molecule has 0 unspecified atom stereocenters. The third kappa shape index (κ3) is 5.31. The average molecular weight is 525 g/mol. The Morgan fingerprint density at radius 3 is 2.46 bits per heavy atom. The average Bonchev–Trinajstić information content (AvgIpc) is 3.35. The summed E-state index contributed by atoms with van der Waals surface area (Å²) < 4.78 is 45.2. The van der Waals surface area contributed by atoms with Gasteiger partial charge in [-0.2, -0.15) is 18.3 Å². The molecule has 0 fully saturated rings. The van der Waals surface area contributed by atoms with Gasteiger partial charge in [0.2, 0.25) is 0 Å². The second-order valence-electron chi connectivity index (χ2n) is 7.75. The van der Waals surface area contributed by atoms with Gasteiger partial charge in [-0.3, -0.25) is 5.10 Å². The molecule has 0 spiro atoms. The van der Waals surface area contributed by atoms with Crippen LogP contribution in [0, 0.1) is 0 Å². The highest BCUT2D eigenvalue weighted by Gasteiger charge is 2.33. The SMILES string of the molecule is O=C(Nc1ccc(Oc2ccccc2-c2ncnc3[nH]ncc23)cc1)Nc1ccc(Cl)c(C(F)(F)F)c1. The van der Waals surface area contributed by atoms with Crippen LogP contribution in [0.25, 0.3) is 22.3 Å². The molecule has 0 bridgehead atoms. The van der Waals surface area contributed by atoms with Gasteiger partial charge in [0.25, 0.3) is 0 Å². The van der Waals surface area contributed by atoms with Gasteiger partial charge in [-0.1, -0.05) is 23.7 Å². The van der Waals surface area contributed by atoms with Crippen LogP contribution in [0.5, 0.6) is 11.5 Å². The van der Waals surface area contributed by atoms with E-state index in [2.05, 4.69) is 30.8 Å². The number of aromatic amines is 1. The summed E-state index contributed by atoms with van der Waals surface area (Å²) in [6, 6.07) is 16.2. The van der Waals surface area contributed by atoms with Gasteiger partial charge in [0.15, 0.2) is 5.65 Å². The second-order valence-corrected chi connectivity index (χ2v) is 8.16. The van der Waals surface area contributed by atoms with Crippen molar-refractivity contribution in [3.63, 3.8) is 0 Å². The number of hydrogen-bond donors (Lipinski definition) is 3. The third-order valence-electron chi connectivity index (χ3n) is 5.26. The van der Waals surface area contributed by atoms with Gasteiger partial charge in [-0.15, -0.1) is 0 Å². The van der Waals surface area contributed by atoms with Crippen molar-refractivity contribution >= 4 is 40.0 Å². The van der Waals surface area contributed by atoms with E-state index < -0.39 is 22.8 Å². The fraction of sp³-hybridized carbons (Fsp3) is 0.0400. The van der Waals surface area contributed by atoms with Crippen LogP contribution in [0.4, 0.5) is 29.3 Å². The first-order chi connectivity index (χ1) is 17.8. The highest BCUT2D eigenvalue weighted by Crippen LogP contribution is 2.37. The molecule has 2 amide bonds. The molecule has 0 atom stereocenters. The van der Waals surface area contributed by atoms with Gasteiger partial charge >= 0.3 is 12.2 Å². The van der Waals surface area contributed by atoms with E-state index in [0.717, 1.165) is 23.1 Å². The number of carbonyl (C=O) groups excluding carboxylic acids is 1. The molecule has 8 nitrogen and oxygen atoms in total. The first kappa shape index (κ1) is 24.1. The van der Waals surface area contributed by atoms with Crippen LogP contribution in [-0.2, 0) is 6.18 Å². The van der Waals surface area contributed by atoms with E-state index in [0.29, 0.717) is 28.5 Å². The van der Waals surface area contributed by atoms with Crippen molar-refractivity contribution in [2.24, 2.45) is 0 Å². The molecular weight excluding hydrogens is 509 g/mol. The zero-order valence-corrected chi connectivity index (χ0v) is 19.4. The summed E-state index contributed by atoms with van der Waals surface area (Å²) in [6.07, 6.45) is -1.56. The Balaban J connectivity index is 1.28. The zero-order valence-electron chi connectivity index (χ0n) is 18.7. The van der Waals surface area contributed by atoms with Gasteiger partial charge in [0, 0.05) is 16.9 Å². The Kier molecular flexibility index (Phi) is 6.36. The van der Waals surface area contributed by atoms with Crippen molar-refractivity contribution in [3.05, 3.63) is 89.8 Å². The first-order valence-electron chi connectivity index (χ1n) is 10.7.